The number of nitrogens with one attached hydrogen (secondary N) is 1. The Kier molecular flexibility index (Phi) is 4.76. The van der Waals surface area contributed by atoms with E-state index in [1.165, 1.54) is 13.0 Å². The number of carbonyl (C=O) groups is 2. The van der Waals surface area contributed by atoms with Gasteiger partial charge < -0.3 is 15.1 Å². The van der Waals surface area contributed by atoms with E-state index in [2.05, 4.69) is 5.32 Å². The number of nitrogens with zero attached hydrogens (tertiary/aromatic N) is 3. The SMILES string of the molecule is CCC1(NC(C)=O)CN(C(=O)N2CC3(CC(Cc4ccc(C#N)cc4F)C3)C2)C1. The Balaban J connectivity index is 1.23. The van der Waals surface area contributed by atoms with Gasteiger partial charge in [0.15, 0.2) is 0 Å². The molecule has 1 aromatic carbocycles. The molecule has 0 aromatic heterocycles. The molecule has 1 spiro atoms. The highest BCUT2D eigenvalue weighted by molar-refractivity contribution is 5.79. The molecule has 1 N–H and O–H groups in total. The summed E-state index contributed by atoms with van der Waals surface area (Å²) in [5.74, 6) is 0.0824. The lowest BCUT2D eigenvalue weighted by Gasteiger charge is -2.61. The zero-order valence-electron chi connectivity index (χ0n) is 17.0. The number of likely N-dealkylation sites (tertiary alicyclic amines) is 2. The summed E-state index contributed by atoms with van der Waals surface area (Å²) in [6.45, 7) is 6.24. The van der Waals surface area contributed by atoms with Crippen molar-refractivity contribution in [1.82, 2.24) is 15.1 Å². The Morgan fingerprint density at radius 3 is 2.45 bits per heavy atom. The molecule has 0 bridgehead atoms. The average molecular weight is 398 g/mol. The second-order valence-electron chi connectivity index (χ2n) is 9.21. The predicted molar refractivity (Wildman–Crippen MR) is 105 cm³/mol. The van der Waals surface area contributed by atoms with Crippen LogP contribution in [0.5, 0.6) is 0 Å². The molecule has 0 atom stereocenters. The van der Waals surface area contributed by atoms with Gasteiger partial charge in [-0.15, -0.1) is 0 Å². The molecule has 29 heavy (non-hydrogen) atoms. The van der Waals surface area contributed by atoms with Crippen molar-refractivity contribution in [2.24, 2.45) is 11.3 Å². The fourth-order valence-corrected chi connectivity index (χ4v) is 5.34. The molecule has 2 heterocycles. The topological polar surface area (TPSA) is 76.4 Å². The quantitative estimate of drug-likeness (QED) is 0.847. The van der Waals surface area contributed by atoms with E-state index in [1.807, 2.05) is 22.8 Å². The van der Waals surface area contributed by atoms with Crippen LogP contribution in [0.2, 0.25) is 0 Å². The number of nitriles is 1. The minimum absolute atomic E-state index is 0.0546. The van der Waals surface area contributed by atoms with Crippen LogP contribution in [-0.4, -0.2) is 53.5 Å². The number of hydrogen-bond acceptors (Lipinski definition) is 3. The van der Waals surface area contributed by atoms with Crippen molar-refractivity contribution in [3.63, 3.8) is 0 Å². The fourth-order valence-electron chi connectivity index (χ4n) is 5.34. The number of carbonyl (C=O) groups excluding carboxylic acids is 2. The first kappa shape index (κ1) is 19.7. The van der Waals surface area contributed by atoms with Crippen LogP contribution in [0.4, 0.5) is 9.18 Å². The lowest BCUT2D eigenvalue weighted by Crippen LogP contribution is -2.74. The van der Waals surface area contributed by atoms with Crippen molar-refractivity contribution in [2.75, 3.05) is 26.2 Å². The molecular weight excluding hydrogens is 371 g/mol. The average Bonchev–Trinajstić information content (AvgIpc) is 2.59. The van der Waals surface area contributed by atoms with Crippen LogP contribution in [0.3, 0.4) is 0 Å². The number of urea groups is 1. The summed E-state index contributed by atoms with van der Waals surface area (Å²) in [6.07, 6.45) is 3.53. The van der Waals surface area contributed by atoms with E-state index in [-0.39, 0.29) is 28.7 Å². The number of halogens is 1. The van der Waals surface area contributed by atoms with Crippen LogP contribution in [0.25, 0.3) is 0 Å². The number of benzene rings is 1. The van der Waals surface area contributed by atoms with Gasteiger partial charge in [-0.3, -0.25) is 4.79 Å². The third-order valence-electron chi connectivity index (χ3n) is 6.83. The molecule has 6 nitrogen and oxygen atoms in total. The van der Waals surface area contributed by atoms with Crippen LogP contribution >= 0.6 is 0 Å². The molecule has 7 heteroatoms. The molecule has 0 radical (unpaired) electrons. The Hall–Kier alpha value is -2.62. The third-order valence-corrected chi connectivity index (χ3v) is 6.83. The van der Waals surface area contributed by atoms with Crippen molar-refractivity contribution in [2.45, 2.75) is 45.1 Å². The highest BCUT2D eigenvalue weighted by Crippen LogP contribution is 2.53. The smallest absolute Gasteiger partial charge is 0.320 e. The van der Waals surface area contributed by atoms with Gasteiger partial charge in [0.05, 0.1) is 17.2 Å². The molecule has 3 fully saturated rings. The summed E-state index contributed by atoms with van der Waals surface area (Å²) in [4.78, 5) is 27.7. The van der Waals surface area contributed by atoms with Crippen LogP contribution in [0.15, 0.2) is 18.2 Å². The van der Waals surface area contributed by atoms with E-state index in [1.54, 1.807) is 12.1 Å². The largest absolute Gasteiger partial charge is 0.347 e. The third kappa shape index (κ3) is 3.57. The predicted octanol–water partition coefficient (Wildman–Crippen LogP) is 2.67. The van der Waals surface area contributed by atoms with Gasteiger partial charge in [0, 0.05) is 38.5 Å². The van der Waals surface area contributed by atoms with Crippen molar-refractivity contribution >= 4 is 11.9 Å². The summed E-state index contributed by atoms with van der Waals surface area (Å²) in [7, 11) is 0. The molecule has 4 rings (SSSR count). The molecular formula is C22H27FN4O2. The van der Waals surface area contributed by atoms with Gasteiger partial charge >= 0.3 is 6.03 Å². The van der Waals surface area contributed by atoms with Crippen molar-refractivity contribution in [1.29, 1.82) is 5.26 Å². The molecule has 1 saturated carbocycles. The first-order valence-corrected chi connectivity index (χ1v) is 10.3. The Morgan fingerprint density at radius 2 is 1.90 bits per heavy atom. The summed E-state index contributed by atoms with van der Waals surface area (Å²) < 4.78 is 14.1. The van der Waals surface area contributed by atoms with Gasteiger partial charge in [0.25, 0.3) is 0 Å². The Morgan fingerprint density at radius 1 is 1.24 bits per heavy atom. The first-order valence-electron chi connectivity index (χ1n) is 10.3. The minimum atomic E-state index is -0.299. The Bertz CT molecular complexity index is 873. The van der Waals surface area contributed by atoms with Gasteiger partial charge in [-0.1, -0.05) is 13.0 Å². The van der Waals surface area contributed by atoms with Crippen molar-refractivity contribution in [3.8, 4) is 6.07 Å². The standard InChI is InChI=1S/C22H27FN4O2/c1-3-22(25-15(2)28)13-27(14-22)20(29)26-11-21(12-26)8-17(9-21)6-18-5-4-16(10-24)7-19(18)23/h4-5,7,17H,3,6,8-9,11-14H2,1-2H3,(H,25,28). The molecule has 3 aliphatic rings. The summed E-state index contributed by atoms with van der Waals surface area (Å²) >= 11 is 0. The van der Waals surface area contributed by atoms with Crippen LogP contribution in [0, 0.1) is 28.5 Å². The van der Waals surface area contributed by atoms with Crippen molar-refractivity contribution < 1.29 is 14.0 Å². The van der Waals surface area contributed by atoms with E-state index in [0.717, 1.165) is 32.4 Å². The maximum Gasteiger partial charge on any atom is 0.320 e. The highest BCUT2D eigenvalue weighted by atomic mass is 19.1. The number of amides is 3. The number of hydrogen-bond donors (Lipinski definition) is 1. The molecule has 0 unspecified atom stereocenters. The summed E-state index contributed by atoms with van der Waals surface area (Å²) in [6, 6.07) is 6.71. The lowest BCUT2D eigenvalue weighted by atomic mass is 9.56. The summed E-state index contributed by atoms with van der Waals surface area (Å²) in [5.41, 5.74) is 0.955. The van der Waals surface area contributed by atoms with Crippen LogP contribution < -0.4 is 5.32 Å². The molecule has 1 aliphatic carbocycles. The normalized spacial score (nSPS) is 21.6. The molecule has 2 aliphatic heterocycles. The van der Waals surface area contributed by atoms with E-state index in [0.29, 0.717) is 36.6 Å². The van der Waals surface area contributed by atoms with Crippen molar-refractivity contribution in [3.05, 3.63) is 35.1 Å². The first-order chi connectivity index (χ1) is 13.8. The lowest BCUT2D eigenvalue weighted by molar-refractivity contribution is -0.123. The zero-order valence-corrected chi connectivity index (χ0v) is 17.0. The second-order valence-corrected chi connectivity index (χ2v) is 9.21. The molecule has 154 valence electrons. The maximum absolute atomic E-state index is 14.1. The van der Waals surface area contributed by atoms with Crippen LogP contribution in [-0.2, 0) is 11.2 Å². The summed E-state index contributed by atoms with van der Waals surface area (Å²) in [5, 5.41) is 11.8. The second kappa shape index (κ2) is 7.01. The maximum atomic E-state index is 14.1. The molecule has 2 saturated heterocycles. The monoisotopic (exact) mass is 398 g/mol. The van der Waals surface area contributed by atoms with Gasteiger partial charge in [-0.25, -0.2) is 9.18 Å². The zero-order chi connectivity index (χ0) is 20.8. The van der Waals surface area contributed by atoms with E-state index in [9.17, 15) is 14.0 Å². The molecule has 1 aromatic rings. The van der Waals surface area contributed by atoms with E-state index < -0.39 is 0 Å². The molecule has 3 amide bonds. The van der Waals surface area contributed by atoms with Crippen LogP contribution in [0.1, 0.15) is 44.2 Å². The van der Waals surface area contributed by atoms with Gasteiger partial charge in [0.1, 0.15) is 5.82 Å². The fraction of sp³-hybridized carbons (Fsp3) is 0.591. The van der Waals surface area contributed by atoms with E-state index in [4.69, 9.17) is 5.26 Å². The minimum Gasteiger partial charge on any atom is -0.347 e. The Labute approximate surface area is 170 Å². The number of rotatable bonds is 4. The van der Waals surface area contributed by atoms with E-state index >= 15 is 0 Å². The van der Waals surface area contributed by atoms with Gasteiger partial charge in [-0.2, -0.15) is 5.26 Å². The van der Waals surface area contributed by atoms with Gasteiger partial charge in [0.2, 0.25) is 5.91 Å². The van der Waals surface area contributed by atoms with Gasteiger partial charge in [-0.05, 0) is 49.3 Å². The highest BCUT2D eigenvalue weighted by Gasteiger charge is 2.55.